The SMILES string of the molecule is O=C1C(=O)N(C2CCCC2)C(=O)N1C[NH+]1CCCC[C@@H]1c1nc2ccccc2s1. The van der Waals surface area contributed by atoms with Crippen molar-refractivity contribution < 1.29 is 19.3 Å². The maximum absolute atomic E-state index is 13.0. The van der Waals surface area contributed by atoms with E-state index in [-0.39, 0.29) is 18.8 Å². The van der Waals surface area contributed by atoms with Gasteiger partial charge < -0.3 is 4.90 Å². The molecule has 5 rings (SSSR count). The largest absolute Gasteiger partial charge is 0.338 e. The van der Waals surface area contributed by atoms with E-state index in [1.54, 1.807) is 11.3 Å². The number of imide groups is 2. The van der Waals surface area contributed by atoms with Gasteiger partial charge in [-0.2, -0.15) is 0 Å². The van der Waals surface area contributed by atoms with E-state index in [2.05, 4.69) is 6.07 Å². The molecule has 1 N–H and O–H groups in total. The summed E-state index contributed by atoms with van der Waals surface area (Å²) in [5, 5.41) is 1.05. The number of carbonyl (C=O) groups is 3. The van der Waals surface area contributed by atoms with Crippen LogP contribution in [0.2, 0.25) is 0 Å². The van der Waals surface area contributed by atoms with Crippen LogP contribution in [0.4, 0.5) is 4.79 Å². The fraction of sp³-hybridized carbons (Fsp3) is 0.524. The van der Waals surface area contributed by atoms with Gasteiger partial charge in [0.2, 0.25) is 0 Å². The number of amides is 4. The molecule has 0 bridgehead atoms. The topological polar surface area (TPSA) is 75.0 Å². The second kappa shape index (κ2) is 7.50. The molecule has 1 aromatic heterocycles. The summed E-state index contributed by atoms with van der Waals surface area (Å²) in [6.07, 6.45) is 6.77. The first-order valence-corrected chi connectivity index (χ1v) is 11.3. The van der Waals surface area contributed by atoms with Crippen LogP contribution in [0.3, 0.4) is 0 Å². The number of nitrogens with zero attached hydrogens (tertiary/aromatic N) is 3. The van der Waals surface area contributed by atoms with E-state index in [9.17, 15) is 14.4 Å². The molecule has 2 atom stereocenters. The number of thiazole rings is 1. The molecule has 2 saturated heterocycles. The van der Waals surface area contributed by atoms with Gasteiger partial charge in [-0.1, -0.05) is 25.0 Å². The van der Waals surface area contributed by atoms with Crippen LogP contribution in [0.15, 0.2) is 24.3 Å². The van der Waals surface area contributed by atoms with Crippen LogP contribution in [0.1, 0.15) is 56.0 Å². The molecule has 2 aliphatic heterocycles. The Morgan fingerprint density at radius 2 is 1.76 bits per heavy atom. The van der Waals surface area contributed by atoms with Gasteiger partial charge in [0.25, 0.3) is 0 Å². The molecule has 0 spiro atoms. The van der Waals surface area contributed by atoms with Gasteiger partial charge in [-0.3, -0.25) is 14.5 Å². The molecule has 1 aromatic carbocycles. The summed E-state index contributed by atoms with van der Waals surface area (Å²) >= 11 is 1.69. The molecular formula is C21H25N4O3S+. The van der Waals surface area contributed by atoms with E-state index >= 15 is 0 Å². The minimum atomic E-state index is -0.664. The number of piperidine rings is 1. The summed E-state index contributed by atoms with van der Waals surface area (Å²) in [6.45, 7) is 1.11. The number of para-hydroxylation sites is 1. The van der Waals surface area contributed by atoms with Crippen LogP contribution in [-0.2, 0) is 9.59 Å². The number of aromatic nitrogens is 1. The molecule has 152 valence electrons. The fourth-order valence-corrected chi connectivity index (χ4v) is 6.12. The lowest BCUT2D eigenvalue weighted by Gasteiger charge is -2.33. The Morgan fingerprint density at radius 3 is 2.55 bits per heavy atom. The monoisotopic (exact) mass is 413 g/mol. The number of carbonyl (C=O) groups excluding carboxylic acids is 3. The minimum absolute atomic E-state index is 0.111. The van der Waals surface area contributed by atoms with Gasteiger partial charge in [0.1, 0.15) is 6.04 Å². The Morgan fingerprint density at radius 1 is 1.00 bits per heavy atom. The molecule has 3 heterocycles. The Labute approximate surface area is 173 Å². The van der Waals surface area contributed by atoms with Gasteiger partial charge in [-0.25, -0.2) is 14.7 Å². The van der Waals surface area contributed by atoms with Gasteiger partial charge in [-0.15, -0.1) is 11.3 Å². The zero-order valence-corrected chi connectivity index (χ0v) is 17.1. The molecular weight excluding hydrogens is 388 g/mol. The Hall–Kier alpha value is -2.32. The average molecular weight is 414 g/mol. The van der Waals surface area contributed by atoms with Gasteiger partial charge in [0, 0.05) is 12.5 Å². The molecule has 0 radical (unpaired) electrons. The molecule has 8 heteroatoms. The second-order valence-electron chi connectivity index (χ2n) is 8.26. The van der Waals surface area contributed by atoms with E-state index in [1.807, 2.05) is 18.2 Å². The number of hydrogen-bond acceptors (Lipinski definition) is 5. The van der Waals surface area contributed by atoms with E-state index in [0.29, 0.717) is 0 Å². The molecule has 1 saturated carbocycles. The van der Waals surface area contributed by atoms with Crippen molar-refractivity contribution in [2.45, 2.75) is 57.0 Å². The third-order valence-corrected chi connectivity index (χ3v) is 7.63. The van der Waals surface area contributed by atoms with Gasteiger partial charge in [0.05, 0.1) is 16.8 Å². The lowest BCUT2D eigenvalue weighted by Crippen LogP contribution is -3.14. The number of nitrogens with one attached hydrogen (secondary N) is 1. The van der Waals surface area contributed by atoms with Crippen molar-refractivity contribution in [3.63, 3.8) is 0 Å². The third-order valence-electron chi connectivity index (χ3n) is 6.48. The van der Waals surface area contributed by atoms with Crippen molar-refractivity contribution in [3.8, 4) is 0 Å². The van der Waals surface area contributed by atoms with Gasteiger partial charge in [-0.05, 0) is 37.8 Å². The first-order valence-electron chi connectivity index (χ1n) is 10.5. The van der Waals surface area contributed by atoms with Gasteiger partial charge in [0.15, 0.2) is 11.7 Å². The zero-order valence-electron chi connectivity index (χ0n) is 16.3. The van der Waals surface area contributed by atoms with E-state index in [1.165, 1.54) is 9.80 Å². The number of benzene rings is 1. The number of urea groups is 1. The average Bonchev–Trinajstić information content (AvgIpc) is 3.45. The molecule has 3 fully saturated rings. The van der Waals surface area contributed by atoms with E-state index in [4.69, 9.17) is 4.98 Å². The number of rotatable bonds is 4. The molecule has 1 aliphatic carbocycles. The van der Waals surface area contributed by atoms with Crippen molar-refractivity contribution in [1.82, 2.24) is 14.8 Å². The van der Waals surface area contributed by atoms with E-state index in [0.717, 1.165) is 71.6 Å². The van der Waals surface area contributed by atoms with Crippen LogP contribution in [0.5, 0.6) is 0 Å². The van der Waals surface area contributed by atoms with Crippen LogP contribution in [-0.4, -0.2) is 51.9 Å². The Balaban J connectivity index is 1.38. The number of fused-ring (bicyclic) bond motifs is 1. The van der Waals surface area contributed by atoms with Crippen molar-refractivity contribution in [1.29, 1.82) is 0 Å². The van der Waals surface area contributed by atoms with E-state index < -0.39 is 17.8 Å². The predicted octanol–water partition coefficient (Wildman–Crippen LogP) is 2.10. The Kier molecular flexibility index (Phi) is 4.83. The van der Waals surface area contributed by atoms with Gasteiger partial charge >= 0.3 is 17.8 Å². The highest BCUT2D eigenvalue weighted by Gasteiger charge is 2.50. The maximum Gasteiger partial charge on any atom is 0.338 e. The van der Waals surface area contributed by atoms with Crippen LogP contribution in [0, 0.1) is 0 Å². The molecule has 1 unspecified atom stereocenters. The molecule has 7 nitrogen and oxygen atoms in total. The molecule has 2 aromatic rings. The number of hydrogen-bond donors (Lipinski definition) is 1. The highest BCUT2D eigenvalue weighted by atomic mass is 32.1. The van der Waals surface area contributed by atoms with Crippen molar-refractivity contribution in [2.75, 3.05) is 13.2 Å². The minimum Gasteiger partial charge on any atom is -0.309 e. The van der Waals surface area contributed by atoms with Crippen molar-refractivity contribution in [3.05, 3.63) is 29.3 Å². The molecule has 4 amide bonds. The second-order valence-corrected chi connectivity index (χ2v) is 9.33. The summed E-state index contributed by atoms with van der Waals surface area (Å²) in [5.74, 6) is -1.31. The predicted molar refractivity (Wildman–Crippen MR) is 108 cm³/mol. The molecule has 3 aliphatic rings. The zero-order chi connectivity index (χ0) is 20.0. The van der Waals surface area contributed by atoms with Crippen LogP contribution >= 0.6 is 11.3 Å². The summed E-state index contributed by atoms with van der Waals surface area (Å²) in [7, 11) is 0. The lowest BCUT2D eigenvalue weighted by atomic mass is 10.0. The smallest absolute Gasteiger partial charge is 0.309 e. The maximum atomic E-state index is 13.0. The summed E-state index contributed by atoms with van der Waals surface area (Å²) in [6, 6.07) is 7.71. The third kappa shape index (κ3) is 3.24. The number of quaternary nitrogens is 1. The summed E-state index contributed by atoms with van der Waals surface area (Å²) < 4.78 is 1.16. The quantitative estimate of drug-likeness (QED) is 0.615. The lowest BCUT2D eigenvalue weighted by molar-refractivity contribution is -0.943. The van der Waals surface area contributed by atoms with Crippen molar-refractivity contribution in [2.24, 2.45) is 0 Å². The fourth-order valence-electron chi connectivity index (χ4n) is 4.95. The first kappa shape index (κ1) is 18.7. The normalized spacial score (nSPS) is 26.3. The first-order chi connectivity index (χ1) is 14.1. The summed E-state index contributed by atoms with van der Waals surface area (Å²) in [4.78, 5) is 46.5. The molecule has 29 heavy (non-hydrogen) atoms. The Bertz CT molecular complexity index is 935. The van der Waals surface area contributed by atoms with Crippen LogP contribution in [0.25, 0.3) is 10.2 Å². The highest BCUT2D eigenvalue weighted by Crippen LogP contribution is 2.30. The highest BCUT2D eigenvalue weighted by molar-refractivity contribution is 7.18. The number of likely N-dealkylation sites (tertiary alicyclic amines) is 1. The standard InChI is InChI=1S/C21H24N4O3S/c26-19-20(27)25(14-7-1-2-8-14)21(28)24(19)13-23-12-6-5-10-16(23)18-22-15-9-3-4-11-17(15)29-18/h3-4,9,11,14,16H,1-2,5-8,10,12-13H2/p+1/t16-/m1/s1. The summed E-state index contributed by atoms with van der Waals surface area (Å²) in [5.41, 5.74) is 0.994. The van der Waals surface area contributed by atoms with Crippen molar-refractivity contribution >= 4 is 39.4 Å². The van der Waals surface area contributed by atoms with Crippen LogP contribution < -0.4 is 4.90 Å².